The molecule has 0 aliphatic rings. The second-order valence-corrected chi connectivity index (χ2v) is 15.1. The van der Waals surface area contributed by atoms with E-state index in [1.807, 2.05) is 24.3 Å². The highest BCUT2D eigenvalue weighted by molar-refractivity contribution is 7.25. The number of aromatic nitrogens is 4. The maximum Gasteiger partial charge on any atom is 0.167 e. The molecular formula is C49H28N4OS. The van der Waals surface area contributed by atoms with Crippen molar-refractivity contribution in [2.24, 2.45) is 0 Å². The fourth-order valence-electron chi connectivity index (χ4n) is 8.26. The van der Waals surface area contributed by atoms with E-state index in [9.17, 15) is 0 Å². The highest BCUT2D eigenvalue weighted by Gasteiger charge is 2.20. The molecule has 0 aliphatic carbocycles. The van der Waals surface area contributed by atoms with Gasteiger partial charge in [-0.2, -0.15) is 0 Å². The lowest BCUT2D eigenvalue weighted by molar-refractivity contribution is 0.669. The number of para-hydroxylation sites is 3. The number of fused-ring (bicyclic) bond motifs is 10. The van der Waals surface area contributed by atoms with Gasteiger partial charge in [-0.3, -0.25) is 0 Å². The first kappa shape index (κ1) is 30.3. The van der Waals surface area contributed by atoms with E-state index in [0.29, 0.717) is 17.5 Å². The summed E-state index contributed by atoms with van der Waals surface area (Å²) in [6.07, 6.45) is 0. The largest absolute Gasteiger partial charge is 0.455 e. The first-order chi connectivity index (χ1) is 27.2. The van der Waals surface area contributed by atoms with Crippen molar-refractivity contribution in [1.29, 1.82) is 0 Å². The van der Waals surface area contributed by atoms with Crippen LogP contribution in [-0.4, -0.2) is 19.5 Å². The normalized spacial score (nSPS) is 12.0. The van der Waals surface area contributed by atoms with Gasteiger partial charge in [0.15, 0.2) is 17.5 Å². The second kappa shape index (κ2) is 11.7. The van der Waals surface area contributed by atoms with Crippen molar-refractivity contribution in [2.75, 3.05) is 0 Å². The van der Waals surface area contributed by atoms with Gasteiger partial charge in [-0.25, -0.2) is 15.0 Å². The van der Waals surface area contributed by atoms with Crippen LogP contribution in [-0.2, 0) is 0 Å². The number of furan rings is 1. The van der Waals surface area contributed by atoms with E-state index in [1.165, 1.54) is 41.7 Å². The number of thiophene rings is 1. The zero-order valence-electron chi connectivity index (χ0n) is 29.3. The van der Waals surface area contributed by atoms with Crippen LogP contribution in [0.5, 0.6) is 0 Å². The molecule has 6 heteroatoms. The Morgan fingerprint density at radius 2 is 1.09 bits per heavy atom. The van der Waals surface area contributed by atoms with E-state index in [0.717, 1.165) is 55.3 Å². The van der Waals surface area contributed by atoms with E-state index >= 15 is 0 Å². The van der Waals surface area contributed by atoms with Crippen LogP contribution in [0, 0.1) is 0 Å². The fraction of sp³-hybridized carbons (Fsp3) is 0. The summed E-state index contributed by atoms with van der Waals surface area (Å²) in [7, 11) is 0. The molecule has 5 nitrogen and oxygen atoms in total. The average molecular weight is 721 g/mol. The van der Waals surface area contributed by atoms with Crippen molar-refractivity contribution in [2.45, 2.75) is 0 Å². The number of rotatable bonds is 4. The minimum Gasteiger partial charge on any atom is -0.455 e. The molecule has 0 amide bonds. The summed E-state index contributed by atoms with van der Waals surface area (Å²) in [5, 5.41) is 9.46. The van der Waals surface area contributed by atoms with Crippen LogP contribution in [0.3, 0.4) is 0 Å². The van der Waals surface area contributed by atoms with Crippen LogP contribution >= 0.6 is 11.3 Å². The van der Waals surface area contributed by atoms with E-state index in [-0.39, 0.29) is 0 Å². The third kappa shape index (κ3) is 4.68. The van der Waals surface area contributed by atoms with Gasteiger partial charge in [0.1, 0.15) is 11.2 Å². The summed E-state index contributed by atoms with van der Waals surface area (Å²) >= 11 is 1.79. The van der Waals surface area contributed by atoms with Gasteiger partial charge in [0, 0.05) is 58.5 Å². The Labute approximate surface area is 318 Å². The maximum atomic E-state index is 6.50. The summed E-state index contributed by atoms with van der Waals surface area (Å²) in [6.45, 7) is 0. The lowest BCUT2D eigenvalue weighted by Gasteiger charge is -2.12. The van der Waals surface area contributed by atoms with Crippen molar-refractivity contribution in [3.05, 3.63) is 170 Å². The third-order valence-corrected chi connectivity index (χ3v) is 12.0. The van der Waals surface area contributed by atoms with Crippen molar-refractivity contribution in [3.8, 4) is 39.9 Å². The molecule has 0 saturated carbocycles. The van der Waals surface area contributed by atoms with E-state index in [4.69, 9.17) is 19.4 Å². The van der Waals surface area contributed by atoms with Crippen molar-refractivity contribution in [1.82, 2.24) is 19.5 Å². The molecular weight excluding hydrogens is 693 g/mol. The standard InChI is InChI=1S/C49H28N4OS/c1-2-12-30-27-42-40(26-29(30)11-1)34-15-3-6-20-41(34)53(42)33-14-9-13-31(25-33)47-50-48(32-23-24-37-36-17-5-8-22-44(36)55-45(37)28-32)52-49(51-47)39-19-10-18-38-35-16-4-7-21-43(35)54-46(38)39/h1-28H. The van der Waals surface area contributed by atoms with Crippen molar-refractivity contribution in [3.63, 3.8) is 0 Å². The SMILES string of the molecule is c1cc(-c2nc(-c3ccc4c(c3)sc3ccccc34)nc(-c3cccc4c3oc3ccccc34)n2)cc(-n2c3ccccc3c3cc4ccccc4cc32)c1. The molecule has 0 spiro atoms. The van der Waals surface area contributed by atoms with Crippen LogP contribution in [0.25, 0.3) is 115 Å². The zero-order valence-corrected chi connectivity index (χ0v) is 30.1. The Hall–Kier alpha value is -7.15. The molecule has 0 atom stereocenters. The smallest absolute Gasteiger partial charge is 0.167 e. The molecule has 0 saturated heterocycles. The Kier molecular flexibility index (Phi) is 6.44. The van der Waals surface area contributed by atoms with Gasteiger partial charge in [-0.15, -0.1) is 11.3 Å². The first-order valence-corrected chi connectivity index (χ1v) is 19.2. The number of nitrogens with zero attached hydrogens (tertiary/aromatic N) is 4. The van der Waals surface area contributed by atoms with Crippen LogP contribution < -0.4 is 0 Å². The monoisotopic (exact) mass is 720 g/mol. The molecule has 12 rings (SSSR count). The lowest BCUT2D eigenvalue weighted by atomic mass is 10.1. The summed E-state index contributed by atoms with van der Waals surface area (Å²) < 4.78 is 11.3. The molecule has 8 aromatic carbocycles. The van der Waals surface area contributed by atoms with Crippen molar-refractivity contribution < 1.29 is 4.42 Å². The maximum absolute atomic E-state index is 6.50. The van der Waals surface area contributed by atoms with Gasteiger partial charge >= 0.3 is 0 Å². The highest BCUT2D eigenvalue weighted by atomic mass is 32.1. The van der Waals surface area contributed by atoms with Crippen LogP contribution in [0.15, 0.2) is 174 Å². The van der Waals surface area contributed by atoms with Crippen LogP contribution in [0.4, 0.5) is 0 Å². The Morgan fingerprint density at radius 3 is 1.98 bits per heavy atom. The van der Waals surface area contributed by atoms with E-state index in [1.54, 1.807) is 11.3 Å². The van der Waals surface area contributed by atoms with Gasteiger partial charge in [0.05, 0.1) is 16.6 Å². The predicted octanol–water partition coefficient (Wildman–Crippen LogP) is 13.4. The van der Waals surface area contributed by atoms with Gasteiger partial charge < -0.3 is 8.98 Å². The molecule has 0 fully saturated rings. The molecule has 0 N–H and O–H groups in total. The molecule has 256 valence electrons. The molecule has 4 heterocycles. The van der Waals surface area contributed by atoms with Crippen LogP contribution in [0.2, 0.25) is 0 Å². The quantitative estimate of drug-likeness (QED) is 0.182. The van der Waals surface area contributed by atoms with Gasteiger partial charge in [0.2, 0.25) is 0 Å². The van der Waals surface area contributed by atoms with Gasteiger partial charge in [-0.05, 0) is 65.4 Å². The van der Waals surface area contributed by atoms with Gasteiger partial charge in [-0.1, -0.05) is 115 Å². The number of hydrogen-bond donors (Lipinski definition) is 0. The summed E-state index contributed by atoms with van der Waals surface area (Å²) in [5.41, 5.74) is 7.59. The molecule has 4 aromatic heterocycles. The predicted molar refractivity (Wildman–Crippen MR) is 228 cm³/mol. The Bertz CT molecular complexity index is 3520. The van der Waals surface area contributed by atoms with E-state index < -0.39 is 0 Å². The fourth-order valence-corrected chi connectivity index (χ4v) is 9.41. The van der Waals surface area contributed by atoms with Crippen LogP contribution in [0.1, 0.15) is 0 Å². The van der Waals surface area contributed by atoms with Crippen molar-refractivity contribution >= 4 is 86.0 Å². The summed E-state index contributed by atoms with van der Waals surface area (Å²) in [4.78, 5) is 15.6. The molecule has 12 aromatic rings. The topological polar surface area (TPSA) is 56.7 Å². The molecule has 55 heavy (non-hydrogen) atoms. The number of hydrogen-bond acceptors (Lipinski definition) is 5. The summed E-state index contributed by atoms with van der Waals surface area (Å²) in [5.74, 6) is 1.77. The average Bonchev–Trinajstić information content (AvgIpc) is 3.92. The van der Waals surface area contributed by atoms with E-state index in [2.05, 4.69) is 150 Å². The first-order valence-electron chi connectivity index (χ1n) is 18.3. The molecule has 0 radical (unpaired) electrons. The second-order valence-electron chi connectivity index (χ2n) is 14.0. The minimum atomic E-state index is 0.565. The molecule has 0 unspecified atom stereocenters. The Balaban J connectivity index is 1.09. The molecule has 0 bridgehead atoms. The minimum absolute atomic E-state index is 0.565. The lowest BCUT2D eigenvalue weighted by Crippen LogP contribution is -2.01. The molecule has 0 aliphatic heterocycles. The summed E-state index contributed by atoms with van der Waals surface area (Å²) in [6, 6.07) is 59.8. The third-order valence-electron chi connectivity index (χ3n) is 10.8. The highest BCUT2D eigenvalue weighted by Crippen LogP contribution is 2.39. The van der Waals surface area contributed by atoms with Gasteiger partial charge in [0.25, 0.3) is 0 Å². The Morgan fingerprint density at radius 1 is 0.418 bits per heavy atom. The zero-order chi connectivity index (χ0) is 36.0. The number of benzene rings is 8.